The van der Waals surface area contributed by atoms with Gasteiger partial charge in [0.05, 0.1) is 0 Å². The van der Waals surface area contributed by atoms with Crippen molar-refractivity contribution in [2.75, 3.05) is 4.90 Å². The van der Waals surface area contributed by atoms with Crippen LogP contribution in [-0.4, -0.2) is 11.4 Å². The summed E-state index contributed by atoms with van der Waals surface area (Å²) in [6, 6.07) is 25.7. The summed E-state index contributed by atoms with van der Waals surface area (Å²) in [5.41, 5.74) is 3.35. The van der Waals surface area contributed by atoms with Crippen molar-refractivity contribution < 1.29 is 4.79 Å². The van der Waals surface area contributed by atoms with E-state index < -0.39 is 10.9 Å². The van der Waals surface area contributed by atoms with E-state index in [0.717, 1.165) is 28.3 Å². The Kier molecular flexibility index (Phi) is 5.42. The van der Waals surface area contributed by atoms with Gasteiger partial charge in [-0.15, -0.1) is 11.6 Å². The molecule has 1 amide bonds. The van der Waals surface area contributed by atoms with Gasteiger partial charge in [-0.1, -0.05) is 79.2 Å². The molecule has 0 aromatic heterocycles. The summed E-state index contributed by atoms with van der Waals surface area (Å²) in [4.78, 5) is 15.5. The highest BCUT2D eigenvalue weighted by atomic mass is 35.5. The van der Waals surface area contributed by atoms with Crippen molar-refractivity contribution in [1.29, 1.82) is 0 Å². The number of hydrogen-bond acceptors (Lipinski definition) is 1. The van der Waals surface area contributed by atoms with Crippen LogP contribution >= 0.6 is 23.2 Å². The van der Waals surface area contributed by atoms with Gasteiger partial charge in [0.25, 0.3) is 0 Å². The Morgan fingerprint density at radius 2 is 1.50 bits per heavy atom. The van der Waals surface area contributed by atoms with E-state index in [0.29, 0.717) is 0 Å². The number of carbonyl (C=O) groups is 1. The van der Waals surface area contributed by atoms with Crippen LogP contribution in [-0.2, 0) is 10.2 Å². The minimum Gasteiger partial charge on any atom is -0.305 e. The smallest absolute Gasteiger partial charge is 0.250 e. The topological polar surface area (TPSA) is 20.3 Å². The minimum atomic E-state index is -0.738. The summed E-state index contributed by atoms with van der Waals surface area (Å²) < 4.78 is 0. The van der Waals surface area contributed by atoms with E-state index >= 15 is 0 Å². The summed E-state index contributed by atoms with van der Waals surface area (Å²) >= 11 is 12.8. The maximum atomic E-state index is 13.6. The lowest BCUT2D eigenvalue weighted by molar-refractivity contribution is -0.119. The number of hydrogen-bond donors (Lipinski definition) is 0. The Morgan fingerprint density at radius 3 is 2.17 bits per heavy atom. The van der Waals surface area contributed by atoms with Gasteiger partial charge in [0.15, 0.2) is 0 Å². The van der Waals surface area contributed by atoms with Crippen molar-refractivity contribution in [2.24, 2.45) is 0 Å². The van der Waals surface area contributed by atoms with E-state index in [9.17, 15) is 4.79 Å². The molecular weight excluding hydrogens is 413 g/mol. The first-order valence-electron chi connectivity index (χ1n) is 10.1. The number of benzene rings is 3. The molecule has 2 atom stereocenters. The van der Waals surface area contributed by atoms with Crippen LogP contribution in [0.15, 0.2) is 78.9 Å². The van der Waals surface area contributed by atoms with Gasteiger partial charge in [-0.2, -0.15) is 0 Å². The van der Waals surface area contributed by atoms with Crippen LogP contribution in [0.25, 0.3) is 0 Å². The molecule has 30 heavy (non-hydrogen) atoms. The Hall–Kier alpha value is -2.29. The molecule has 0 aliphatic carbocycles. The van der Waals surface area contributed by atoms with E-state index in [1.54, 1.807) is 0 Å². The fourth-order valence-corrected chi connectivity index (χ4v) is 5.24. The molecule has 4 rings (SSSR count). The SMILES string of the molecule is CC1(C)C[C@@](C)(c2ccc(Cl)cc2)c2ccccc2N1C(=O)[C@@H](Cl)c1ccccc1. The van der Waals surface area contributed by atoms with Crippen molar-refractivity contribution in [3.05, 3.63) is 101 Å². The van der Waals surface area contributed by atoms with Gasteiger partial charge >= 0.3 is 0 Å². The maximum absolute atomic E-state index is 13.6. The molecule has 0 N–H and O–H groups in total. The van der Waals surface area contributed by atoms with Gasteiger partial charge in [-0.05, 0) is 55.2 Å². The monoisotopic (exact) mass is 437 g/mol. The van der Waals surface area contributed by atoms with Gasteiger partial charge in [0.1, 0.15) is 5.38 Å². The fourth-order valence-electron chi connectivity index (χ4n) is 4.87. The molecule has 1 aliphatic rings. The van der Waals surface area contributed by atoms with Crippen molar-refractivity contribution in [2.45, 2.75) is 43.5 Å². The average Bonchev–Trinajstić information content (AvgIpc) is 2.73. The van der Waals surface area contributed by atoms with Gasteiger partial charge in [0.2, 0.25) is 5.91 Å². The predicted molar refractivity (Wildman–Crippen MR) is 126 cm³/mol. The fraction of sp³-hybridized carbons (Fsp3) is 0.269. The largest absolute Gasteiger partial charge is 0.305 e. The van der Waals surface area contributed by atoms with Crippen molar-refractivity contribution in [3.63, 3.8) is 0 Å². The first-order chi connectivity index (χ1) is 14.2. The second-order valence-electron chi connectivity index (χ2n) is 8.79. The summed E-state index contributed by atoms with van der Waals surface area (Å²) in [5, 5.41) is -0.0197. The highest BCUT2D eigenvalue weighted by Crippen LogP contribution is 2.51. The first kappa shape index (κ1) is 21.0. The Bertz CT molecular complexity index is 1060. The Balaban J connectivity index is 1.83. The third-order valence-electron chi connectivity index (χ3n) is 6.14. The third kappa shape index (κ3) is 3.53. The normalized spacial score (nSPS) is 21.0. The van der Waals surface area contributed by atoms with Crippen LogP contribution in [0, 0.1) is 0 Å². The number of carbonyl (C=O) groups excluding carboxylic acids is 1. The molecule has 3 aromatic rings. The van der Waals surface area contributed by atoms with Crippen LogP contribution in [0.4, 0.5) is 5.69 Å². The highest BCUT2D eigenvalue weighted by molar-refractivity contribution is 6.33. The molecule has 1 heterocycles. The number of para-hydroxylation sites is 1. The number of anilines is 1. The van der Waals surface area contributed by atoms with Gasteiger partial charge in [-0.3, -0.25) is 4.79 Å². The second kappa shape index (κ2) is 7.76. The molecule has 0 radical (unpaired) electrons. The molecule has 1 aliphatic heterocycles. The van der Waals surface area contributed by atoms with E-state index in [2.05, 4.69) is 39.0 Å². The lowest BCUT2D eigenvalue weighted by Crippen LogP contribution is -2.56. The number of amides is 1. The van der Waals surface area contributed by atoms with Crippen LogP contribution in [0.3, 0.4) is 0 Å². The lowest BCUT2D eigenvalue weighted by Gasteiger charge is -2.51. The third-order valence-corrected chi connectivity index (χ3v) is 6.83. The molecule has 4 heteroatoms. The molecule has 0 bridgehead atoms. The first-order valence-corrected chi connectivity index (χ1v) is 10.9. The second-order valence-corrected chi connectivity index (χ2v) is 9.67. The van der Waals surface area contributed by atoms with Gasteiger partial charge in [0, 0.05) is 21.7 Å². The minimum absolute atomic E-state index is 0.0986. The number of halogens is 2. The van der Waals surface area contributed by atoms with E-state index in [1.165, 1.54) is 5.56 Å². The lowest BCUT2D eigenvalue weighted by atomic mass is 9.65. The molecular formula is C26H25Cl2NO. The van der Waals surface area contributed by atoms with Crippen LogP contribution in [0.5, 0.6) is 0 Å². The molecule has 2 nitrogen and oxygen atoms in total. The van der Waals surface area contributed by atoms with Gasteiger partial charge < -0.3 is 4.90 Å². The Labute approximate surface area is 188 Å². The zero-order valence-corrected chi connectivity index (χ0v) is 18.9. The Morgan fingerprint density at radius 1 is 0.900 bits per heavy atom. The standard InChI is InChI=1S/C26H25Cl2NO/c1-25(2)17-26(3,19-13-15-20(27)16-14-19)21-11-7-8-12-22(21)29(25)24(30)23(28)18-9-5-4-6-10-18/h4-16,23H,17H2,1-3H3/t23-,26-/m0/s1. The van der Waals surface area contributed by atoms with Crippen LogP contribution in [0.2, 0.25) is 5.02 Å². The van der Waals surface area contributed by atoms with E-state index in [4.69, 9.17) is 23.2 Å². The van der Waals surface area contributed by atoms with Crippen molar-refractivity contribution in [1.82, 2.24) is 0 Å². The average molecular weight is 438 g/mol. The molecule has 154 valence electrons. The summed E-state index contributed by atoms with van der Waals surface area (Å²) in [6.45, 7) is 6.47. The maximum Gasteiger partial charge on any atom is 0.250 e. The molecule has 3 aromatic carbocycles. The molecule has 0 spiro atoms. The van der Waals surface area contributed by atoms with Crippen molar-refractivity contribution >= 4 is 34.8 Å². The highest BCUT2D eigenvalue weighted by Gasteiger charge is 2.48. The molecule has 0 fully saturated rings. The zero-order chi connectivity index (χ0) is 21.5. The van der Waals surface area contributed by atoms with Crippen LogP contribution < -0.4 is 4.90 Å². The van der Waals surface area contributed by atoms with Crippen molar-refractivity contribution in [3.8, 4) is 0 Å². The van der Waals surface area contributed by atoms with Crippen LogP contribution in [0.1, 0.15) is 49.3 Å². The summed E-state index contributed by atoms with van der Waals surface area (Å²) in [5.74, 6) is -0.0986. The van der Waals surface area contributed by atoms with E-state index in [-0.39, 0.29) is 11.3 Å². The number of rotatable bonds is 3. The molecule has 0 saturated heterocycles. The number of nitrogens with zero attached hydrogens (tertiary/aromatic N) is 1. The zero-order valence-electron chi connectivity index (χ0n) is 17.4. The predicted octanol–water partition coefficient (Wildman–Crippen LogP) is 7.14. The molecule has 0 saturated carbocycles. The summed E-state index contributed by atoms with van der Waals surface area (Å²) in [7, 11) is 0. The van der Waals surface area contributed by atoms with E-state index in [1.807, 2.05) is 65.6 Å². The van der Waals surface area contributed by atoms with Gasteiger partial charge in [-0.25, -0.2) is 0 Å². The number of fused-ring (bicyclic) bond motifs is 1. The summed E-state index contributed by atoms with van der Waals surface area (Å²) in [6.07, 6.45) is 0.767. The quantitative estimate of drug-likeness (QED) is 0.398. The number of alkyl halides is 1. The molecule has 0 unspecified atom stereocenters.